The van der Waals surface area contributed by atoms with E-state index < -0.39 is 0 Å². The lowest BCUT2D eigenvalue weighted by molar-refractivity contribution is -0.292. The second kappa shape index (κ2) is 7.66. The van der Waals surface area contributed by atoms with E-state index in [4.69, 9.17) is 0 Å². The topological polar surface area (TPSA) is 52.9 Å². The van der Waals surface area contributed by atoms with Crippen LogP contribution < -0.4 is 35.0 Å². The third kappa shape index (κ3) is 2.78. The monoisotopic (exact) mass is 530 g/mol. The van der Waals surface area contributed by atoms with Gasteiger partial charge in [-0.3, -0.25) is 4.79 Å². The molecule has 0 radical (unpaired) electrons. The highest BCUT2D eigenvalue weighted by Crippen LogP contribution is 2.48. The van der Waals surface area contributed by atoms with Crippen molar-refractivity contribution in [2.75, 3.05) is 42.9 Å². The van der Waals surface area contributed by atoms with Crippen LogP contribution in [0.3, 0.4) is 0 Å². The number of Topliss-reactive ketones (excluding diaryl/α,β-unsaturated/α-hetero) is 1. The Kier molecular flexibility index (Phi) is 4.73. The number of benzene rings is 4. The van der Waals surface area contributed by atoms with Crippen LogP contribution >= 0.6 is 0 Å². The van der Waals surface area contributed by atoms with Crippen molar-refractivity contribution < 1.29 is 9.90 Å². The first-order valence-electron chi connectivity index (χ1n) is 13.8. The van der Waals surface area contributed by atoms with Crippen LogP contribution in [0.2, 0.25) is 0 Å². The number of rotatable bonds is 1. The van der Waals surface area contributed by atoms with E-state index in [9.17, 15) is 9.90 Å². The van der Waals surface area contributed by atoms with E-state index in [0.717, 1.165) is 44.0 Å². The van der Waals surface area contributed by atoms with Crippen LogP contribution in [0, 0.1) is 0 Å². The van der Waals surface area contributed by atoms with Crippen LogP contribution in [-0.2, 0) is 4.79 Å². The zero-order valence-electron chi connectivity index (χ0n) is 24.4. The lowest BCUT2D eigenvalue weighted by Crippen LogP contribution is -2.58. The molecule has 4 aromatic carbocycles. The fourth-order valence-electron chi connectivity index (χ4n) is 6.80. The Balaban J connectivity index is 1.50. The minimum Gasteiger partial charge on any atom is -0.871 e. The molecule has 3 aliphatic rings. The smallest absolute Gasteiger partial charge is 0.232 e. The van der Waals surface area contributed by atoms with Crippen molar-refractivity contribution >= 4 is 55.5 Å². The number of carbonyl (C=O) groups is 1. The summed E-state index contributed by atoms with van der Waals surface area (Å²) in [6.45, 7) is 8.75. The Labute approximate surface area is 234 Å². The molecule has 0 N–H and O–H groups in total. The highest BCUT2D eigenvalue weighted by Gasteiger charge is 2.40. The van der Waals surface area contributed by atoms with Crippen LogP contribution in [0.15, 0.2) is 66.4 Å². The van der Waals surface area contributed by atoms with Crippen LogP contribution in [0.4, 0.5) is 17.1 Å². The highest BCUT2D eigenvalue weighted by atomic mass is 16.3. The molecule has 4 aromatic rings. The molecule has 2 aliphatic heterocycles. The summed E-state index contributed by atoms with van der Waals surface area (Å²) in [7, 11) is 8.36. The van der Waals surface area contributed by atoms with Crippen LogP contribution in [0.25, 0.3) is 32.7 Å². The summed E-state index contributed by atoms with van der Waals surface area (Å²) in [5.41, 5.74) is 4.14. The summed E-state index contributed by atoms with van der Waals surface area (Å²) in [5, 5.41) is 19.7. The molecule has 0 saturated heterocycles. The second-order valence-corrected chi connectivity index (χ2v) is 12.3. The predicted octanol–water partition coefficient (Wildman–Crippen LogP) is 3.43. The molecule has 0 fully saturated rings. The quantitative estimate of drug-likeness (QED) is 0.353. The summed E-state index contributed by atoms with van der Waals surface area (Å²) in [4.78, 5) is 20.7. The maximum absolute atomic E-state index is 13.9. The Morgan fingerprint density at radius 3 is 1.95 bits per heavy atom. The molecule has 2 heterocycles. The average molecular weight is 531 g/mol. The summed E-state index contributed by atoms with van der Waals surface area (Å²) in [5.74, 6) is -0.357. The molecule has 6 heteroatoms. The minimum absolute atomic E-state index is 0.179. The number of hydrogen-bond acceptors (Lipinski definition) is 5. The van der Waals surface area contributed by atoms with Crippen molar-refractivity contribution in [2.24, 2.45) is 0 Å². The average Bonchev–Trinajstić information content (AvgIpc) is 2.94. The van der Waals surface area contributed by atoms with E-state index in [1.165, 1.54) is 0 Å². The van der Waals surface area contributed by atoms with Crippen molar-refractivity contribution in [3.05, 3.63) is 82.6 Å². The number of allylic oxidation sites excluding steroid dienone is 2. The van der Waals surface area contributed by atoms with Gasteiger partial charge in [-0.15, -0.1) is 0 Å². The molecule has 202 valence electrons. The van der Waals surface area contributed by atoms with Crippen molar-refractivity contribution in [3.8, 4) is 0 Å². The van der Waals surface area contributed by atoms with Gasteiger partial charge in [-0.25, -0.2) is 4.58 Å². The number of hydrogen-bond donors (Lipinski definition) is 0. The van der Waals surface area contributed by atoms with Gasteiger partial charge in [0.25, 0.3) is 0 Å². The molecular formula is C34H34N4O2. The first-order chi connectivity index (χ1) is 18.9. The van der Waals surface area contributed by atoms with Gasteiger partial charge in [0.15, 0.2) is 5.78 Å². The summed E-state index contributed by atoms with van der Waals surface area (Å²) >= 11 is 0. The molecule has 0 amide bonds. The lowest BCUT2D eigenvalue weighted by atomic mass is 9.79. The molecule has 0 saturated carbocycles. The normalized spacial score (nSPS) is 20.6. The van der Waals surface area contributed by atoms with Gasteiger partial charge in [0.1, 0.15) is 12.7 Å². The molecule has 6 nitrogen and oxygen atoms in total. The van der Waals surface area contributed by atoms with Gasteiger partial charge >= 0.3 is 0 Å². The maximum Gasteiger partial charge on any atom is 0.232 e. The third-order valence-corrected chi connectivity index (χ3v) is 10.2. The zero-order chi connectivity index (χ0) is 28.5. The van der Waals surface area contributed by atoms with E-state index in [1.807, 2.05) is 36.4 Å². The van der Waals surface area contributed by atoms with E-state index in [0.29, 0.717) is 10.8 Å². The van der Waals surface area contributed by atoms with Crippen molar-refractivity contribution in [1.29, 1.82) is 0 Å². The number of nitrogens with zero attached hydrogens (tertiary/aromatic N) is 4. The largest absolute Gasteiger partial charge is 0.871 e. The maximum atomic E-state index is 13.9. The van der Waals surface area contributed by atoms with E-state index in [-0.39, 0.29) is 34.0 Å². The van der Waals surface area contributed by atoms with E-state index in [2.05, 4.69) is 99.4 Å². The number of anilines is 3. The zero-order valence-corrected chi connectivity index (χ0v) is 24.4. The summed E-state index contributed by atoms with van der Waals surface area (Å²) < 4.78 is 2.25. The van der Waals surface area contributed by atoms with Gasteiger partial charge in [0.2, 0.25) is 11.0 Å². The van der Waals surface area contributed by atoms with Crippen LogP contribution in [0.1, 0.15) is 33.3 Å². The van der Waals surface area contributed by atoms with Gasteiger partial charge < -0.3 is 19.8 Å². The number of carbonyl (C=O) groups excluding carboxylic acids is 1. The Morgan fingerprint density at radius 2 is 1.30 bits per heavy atom. The fraction of sp³-hybridized carbons (Fsp3) is 0.294. The number of ketones is 1. The molecule has 0 unspecified atom stereocenters. The van der Waals surface area contributed by atoms with Crippen LogP contribution in [-0.4, -0.2) is 45.3 Å². The molecule has 0 aromatic heterocycles. The van der Waals surface area contributed by atoms with E-state index in [1.54, 1.807) is 0 Å². The highest BCUT2D eigenvalue weighted by molar-refractivity contribution is 6.52. The molecular weight excluding hydrogens is 496 g/mol. The van der Waals surface area contributed by atoms with Crippen molar-refractivity contribution in [3.63, 3.8) is 0 Å². The van der Waals surface area contributed by atoms with Crippen LogP contribution in [0.5, 0.6) is 0 Å². The lowest BCUT2D eigenvalue weighted by Gasteiger charge is -2.50. The summed E-state index contributed by atoms with van der Waals surface area (Å²) in [6.07, 6.45) is 0. The van der Waals surface area contributed by atoms with Gasteiger partial charge in [-0.05, 0) is 59.7 Å². The van der Waals surface area contributed by atoms with Crippen molar-refractivity contribution in [2.45, 2.75) is 39.0 Å². The molecule has 0 spiro atoms. The second-order valence-electron chi connectivity index (χ2n) is 12.3. The fourth-order valence-corrected chi connectivity index (χ4v) is 6.80. The first-order valence-corrected chi connectivity index (χ1v) is 13.8. The first kappa shape index (κ1) is 24.7. The van der Waals surface area contributed by atoms with Gasteiger partial charge in [0.05, 0.1) is 11.1 Å². The third-order valence-electron chi connectivity index (χ3n) is 10.2. The summed E-state index contributed by atoms with van der Waals surface area (Å²) in [6, 6.07) is 20.3. The minimum atomic E-state index is -0.217. The van der Waals surface area contributed by atoms with Gasteiger partial charge in [-0.1, -0.05) is 36.1 Å². The van der Waals surface area contributed by atoms with Gasteiger partial charge in [0, 0.05) is 69.0 Å². The molecule has 0 bridgehead atoms. The molecule has 0 atom stereocenters. The predicted molar refractivity (Wildman–Crippen MR) is 163 cm³/mol. The molecule has 40 heavy (non-hydrogen) atoms. The standard InChI is InChI=1S/C34H34N4O2/c1-33(2)35(5)23-13-9-11-19-21(15-17-25(27(19)23)37(33)7)29-31(39)30(32(29)40)22-16-18-26-28-20(22)12-10-14-24(28)36(6)34(3,4)38(26)8/h9-18H,1-8H3. The molecule has 7 rings (SSSR count). The Morgan fingerprint density at radius 1 is 0.700 bits per heavy atom. The van der Waals surface area contributed by atoms with Gasteiger partial charge in [-0.2, -0.15) is 0 Å². The van der Waals surface area contributed by atoms with E-state index >= 15 is 0 Å². The Hall–Kier alpha value is -4.32. The molecule has 1 aliphatic carbocycles. The van der Waals surface area contributed by atoms with Crippen molar-refractivity contribution in [1.82, 2.24) is 4.58 Å². The SMILES string of the molecule is CN1c2cccc3c(C4=C([O-])/C(=c5\ccc6c7c(cccc57)N(C)C(C)(C)[N+]=6C)C4=O)ccc(c23)N(C)C1(C)C. The Bertz CT molecular complexity index is 1980.